The molecule has 0 aliphatic carbocycles. The van der Waals surface area contributed by atoms with E-state index in [9.17, 15) is 5.11 Å². The van der Waals surface area contributed by atoms with Gasteiger partial charge in [0.1, 0.15) is 34.3 Å². The fraction of sp³-hybridized carbons (Fsp3) is 0.250. The number of pyridine rings is 1. The lowest BCUT2D eigenvalue weighted by molar-refractivity contribution is 0.446. The van der Waals surface area contributed by atoms with Crippen LogP contribution in [0.3, 0.4) is 0 Å². The maximum absolute atomic E-state index is 12.2. The van der Waals surface area contributed by atoms with Gasteiger partial charge in [0.2, 0.25) is 0 Å². The molecule has 9 aromatic rings. The summed E-state index contributed by atoms with van der Waals surface area (Å²) < 4.78 is 16.3. The molecule has 0 radical (unpaired) electrons. The summed E-state index contributed by atoms with van der Waals surface area (Å²) in [6.07, 6.45) is 0. The lowest BCUT2D eigenvalue weighted by Gasteiger charge is -2.33. The van der Waals surface area contributed by atoms with Crippen LogP contribution in [0.25, 0.3) is 61.8 Å². The molecule has 0 atom stereocenters. The van der Waals surface area contributed by atoms with Crippen molar-refractivity contribution in [2.75, 3.05) is 0 Å². The van der Waals surface area contributed by atoms with E-state index < -0.39 is 0 Å². The largest absolute Gasteiger partial charge is 0.507 e. The summed E-state index contributed by atoms with van der Waals surface area (Å²) >= 11 is 0. The first kappa shape index (κ1) is 46.0. The highest BCUT2D eigenvalue weighted by Crippen LogP contribution is 2.47. The zero-order valence-corrected chi connectivity index (χ0v) is 43.1. The van der Waals surface area contributed by atoms with Crippen LogP contribution in [0.4, 0.5) is 0 Å². The van der Waals surface area contributed by atoms with Crippen LogP contribution in [0.5, 0.6) is 28.7 Å². The minimum absolute atomic E-state index is 0.0985. The Morgan fingerprint density at radius 3 is 1.70 bits per heavy atom. The minimum Gasteiger partial charge on any atom is -0.507 e. The Morgan fingerprint density at radius 2 is 1.04 bits per heavy atom. The summed E-state index contributed by atoms with van der Waals surface area (Å²) in [4.78, 5) is 11.1. The van der Waals surface area contributed by atoms with Crippen LogP contribution in [-0.4, -0.2) is 26.4 Å². The monoisotopic (exact) mass is 931 g/mol. The molecule has 354 valence electrons. The van der Waals surface area contributed by atoms with E-state index in [2.05, 4.69) is 227 Å². The lowest BCUT2D eigenvalue weighted by Crippen LogP contribution is -2.57. The van der Waals surface area contributed by atoms with E-state index in [1.54, 1.807) is 0 Å². The maximum Gasteiger partial charge on any atom is 0.260 e. The molecule has 0 unspecified atom stereocenters. The van der Waals surface area contributed by atoms with Crippen molar-refractivity contribution in [3.63, 3.8) is 0 Å². The molecule has 2 aromatic heterocycles. The van der Waals surface area contributed by atoms with Crippen LogP contribution < -0.4 is 25.9 Å². The number of rotatable bonds is 5. The summed E-state index contributed by atoms with van der Waals surface area (Å²) in [5, 5.41) is 12.2. The average Bonchev–Trinajstić information content (AvgIpc) is 3.72. The van der Waals surface area contributed by atoms with Crippen molar-refractivity contribution < 1.29 is 14.6 Å². The molecule has 7 aromatic carbocycles. The third-order valence-corrected chi connectivity index (χ3v) is 14.4. The number of imidazole rings is 1. The first-order chi connectivity index (χ1) is 33.6. The van der Waals surface area contributed by atoms with Gasteiger partial charge in [0, 0.05) is 39.3 Å². The topological polar surface area (TPSA) is 69.4 Å². The molecule has 0 saturated carbocycles. The van der Waals surface area contributed by atoms with E-state index in [1.807, 2.05) is 12.1 Å². The van der Waals surface area contributed by atoms with E-state index in [0.717, 1.165) is 118 Å². The van der Waals surface area contributed by atoms with Gasteiger partial charge in [-0.05, 0) is 103 Å². The summed E-state index contributed by atoms with van der Waals surface area (Å²) in [5.74, 6) is 4.16. The molecule has 1 N–H and O–H groups in total. The Hall–Kier alpha value is -7.38. The second-order valence-corrected chi connectivity index (χ2v) is 23.7. The second-order valence-electron chi connectivity index (χ2n) is 23.7. The molecule has 71 heavy (non-hydrogen) atoms. The number of nitrogens with zero attached hydrogens (tertiary/aromatic N) is 3. The number of ether oxygens (including phenoxy) is 2. The SMILES string of the molecule is CC(C)(C)c1cc(-c2cccc(-c3nc4cc5c6c(c4n3-c3ccc(C(C)(C)C)cc3-c3ccccc3)Oc3ccccc3B6c3ccccc3O5)c2)nc(-c2cc(C(C)(C)C)cc(C(C)(C)C)c2O)c1. The van der Waals surface area contributed by atoms with Gasteiger partial charge in [-0.1, -0.05) is 180 Å². The smallest absolute Gasteiger partial charge is 0.260 e. The fourth-order valence-corrected chi connectivity index (χ4v) is 10.4. The van der Waals surface area contributed by atoms with Crippen molar-refractivity contribution in [1.29, 1.82) is 0 Å². The Kier molecular flexibility index (Phi) is 10.6. The standard InChI is InChI=1S/C64H62BN3O3/c1-61(2,3)41-29-30-52(44(32-41)38-21-14-13-15-22-38)68-57-51(37-55-56-59(57)71-54-28-19-17-26-48(54)65(56)47-25-16-18-27-53(47)70-55)67-60(68)40-24-20-23-39(31-40)49-35-43(63(7,8)9)36-50(66-49)45-33-42(62(4,5)6)34-46(58(45)69)64(10,11)12/h13-37,69H,1-12H3. The Labute approximate surface area is 419 Å². The van der Waals surface area contributed by atoms with Gasteiger partial charge >= 0.3 is 0 Å². The Bertz CT molecular complexity index is 3590. The van der Waals surface area contributed by atoms with Crippen LogP contribution >= 0.6 is 0 Å². The number of para-hydroxylation sites is 2. The lowest BCUT2D eigenvalue weighted by atomic mass is 9.35. The van der Waals surface area contributed by atoms with Crippen LogP contribution in [0, 0.1) is 0 Å². The summed E-state index contributed by atoms with van der Waals surface area (Å²) in [7, 11) is 0. The maximum atomic E-state index is 12.2. The van der Waals surface area contributed by atoms with Crippen LogP contribution in [-0.2, 0) is 21.7 Å². The highest BCUT2D eigenvalue weighted by molar-refractivity contribution is 6.98. The first-order valence-electron chi connectivity index (χ1n) is 25.0. The second kappa shape index (κ2) is 16.3. The van der Waals surface area contributed by atoms with Crippen molar-refractivity contribution in [3.05, 3.63) is 174 Å². The molecular formula is C64H62BN3O3. The number of phenolic OH excluding ortho intramolecular Hbond substituents is 1. The van der Waals surface area contributed by atoms with Gasteiger partial charge in [0.25, 0.3) is 6.71 Å². The quantitative estimate of drug-likeness (QED) is 0.174. The first-order valence-corrected chi connectivity index (χ1v) is 25.0. The van der Waals surface area contributed by atoms with E-state index in [0.29, 0.717) is 0 Å². The number of aromatic hydroxyl groups is 1. The number of hydrogen-bond acceptors (Lipinski definition) is 5. The molecule has 0 fully saturated rings. The normalized spacial score (nSPS) is 13.3. The number of hydrogen-bond donors (Lipinski definition) is 1. The third kappa shape index (κ3) is 8.00. The molecule has 2 aliphatic heterocycles. The van der Waals surface area contributed by atoms with Crippen molar-refractivity contribution in [1.82, 2.24) is 14.5 Å². The van der Waals surface area contributed by atoms with Gasteiger partial charge < -0.3 is 14.6 Å². The molecule has 0 amide bonds. The number of aromatic nitrogens is 3. The van der Waals surface area contributed by atoms with Gasteiger partial charge in [0.15, 0.2) is 5.75 Å². The summed E-state index contributed by atoms with van der Waals surface area (Å²) in [6, 6.07) is 53.6. The van der Waals surface area contributed by atoms with Crippen molar-refractivity contribution in [2.45, 2.75) is 105 Å². The minimum atomic E-state index is -0.291. The highest BCUT2D eigenvalue weighted by atomic mass is 16.5. The van der Waals surface area contributed by atoms with Crippen molar-refractivity contribution >= 4 is 34.1 Å². The van der Waals surface area contributed by atoms with Crippen LogP contribution in [0.1, 0.15) is 105 Å². The molecule has 7 heteroatoms. The van der Waals surface area contributed by atoms with E-state index in [4.69, 9.17) is 19.4 Å². The van der Waals surface area contributed by atoms with Crippen LogP contribution in [0.2, 0.25) is 0 Å². The van der Waals surface area contributed by atoms with Gasteiger partial charge in [0.05, 0.1) is 22.6 Å². The number of phenols is 1. The zero-order chi connectivity index (χ0) is 49.9. The number of benzene rings is 7. The van der Waals surface area contributed by atoms with Crippen molar-refractivity contribution in [2.24, 2.45) is 0 Å². The highest BCUT2D eigenvalue weighted by Gasteiger charge is 2.42. The Morgan fingerprint density at radius 1 is 0.465 bits per heavy atom. The summed E-state index contributed by atoms with van der Waals surface area (Å²) in [5.41, 5.74) is 15.8. The summed E-state index contributed by atoms with van der Waals surface area (Å²) in [6.45, 7) is 26.5. The molecule has 0 bridgehead atoms. The van der Waals surface area contributed by atoms with Crippen LogP contribution in [0.15, 0.2) is 152 Å². The van der Waals surface area contributed by atoms with Gasteiger partial charge in [-0.15, -0.1) is 0 Å². The molecule has 2 aliphatic rings. The molecule has 11 rings (SSSR count). The van der Waals surface area contributed by atoms with Gasteiger partial charge in [-0.3, -0.25) is 4.57 Å². The molecule has 4 heterocycles. The van der Waals surface area contributed by atoms with E-state index in [1.165, 1.54) is 5.56 Å². The molecule has 6 nitrogen and oxygen atoms in total. The number of fused-ring (bicyclic) bond motifs is 6. The predicted octanol–water partition coefficient (Wildman–Crippen LogP) is 14.7. The van der Waals surface area contributed by atoms with Gasteiger partial charge in [-0.25, -0.2) is 9.97 Å². The Balaban J connectivity index is 1.19. The van der Waals surface area contributed by atoms with E-state index in [-0.39, 0.29) is 34.1 Å². The molecule has 0 saturated heterocycles. The predicted molar refractivity (Wildman–Crippen MR) is 295 cm³/mol. The van der Waals surface area contributed by atoms with Crippen molar-refractivity contribution in [3.8, 4) is 79.5 Å². The molecular weight excluding hydrogens is 870 g/mol. The fourth-order valence-electron chi connectivity index (χ4n) is 10.4. The third-order valence-electron chi connectivity index (χ3n) is 14.4. The van der Waals surface area contributed by atoms with E-state index >= 15 is 0 Å². The molecule has 0 spiro atoms. The zero-order valence-electron chi connectivity index (χ0n) is 43.1. The average molecular weight is 932 g/mol. The van der Waals surface area contributed by atoms with Gasteiger partial charge in [-0.2, -0.15) is 0 Å².